The summed E-state index contributed by atoms with van der Waals surface area (Å²) in [6.07, 6.45) is 7.46. The zero-order valence-corrected chi connectivity index (χ0v) is 18.8. The van der Waals surface area contributed by atoms with Gasteiger partial charge in [0.05, 0.1) is 35.6 Å². The van der Waals surface area contributed by atoms with Crippen molar-refractivity contribution in [2.75, 3.05) is 6.61 Å². The Morgan fingerprint density at radius 3 is 2.74 bits per heavy atom. The van der Waals surface area contributed by atoms with Crippen LogP contribution in [-0.4, -0.2) is 38.2 Å². The van der Waals surface area contributed by atoms with Crippen molar-refractivity contribution < 1.29 is 14.4 Å². The first kappa shape index (κ1) is 22.0. The average molecular weight is 459 g/mol. The molecule has 174 valence electrons. The molecule has 1 atom stereocenters. The Hall–Kier alpha value is -3.77. The molecule has 5 rings (SSSR count). The average Bonchev–Trinajstić information content (AvgIpc) is 3.51. The van der Waals surface area contributed by atoms with Crippen LogP contribution in [0, 0.1) is 23.2 Å². The van der Waals surface area contributed by atoms with E-state index in [-0.39, 0.29) is 17.9 Å². The van der Waals surface area contributed by atoms with E-state index in [4.69, 9.17) is 10.6 Å². The molecule has 3 heterocycles. The predicted molar refractivity (Wildman–Crippen MR) is 123 cm³/mol. The van der Waals surface area contributed by atoms with Gasteiger partial charge in [-0.25, -0.2) is 5.06 Å². The highest BCUT2D eigenvalue weighted by molar-refractivity contribution is 5.96. The predicted octanol–water partition coefficient (Wildman–Crippen LogP) is 3.11. The summed E-state index contributed by atoms with van der Waals surface area (Å²) in [6, 6.07) is 10.6. The van der Waals surface area contributed by atoms with Gasteiger partial charge in [-0.1, -0.05) is 6.07 Å². The van der Waals surface area contributed by atoms with E-state index in [0.717, 1.165) is 43.1 Å². The second kappa shape index (κ2) is 9.23. The Morgan fingerprint density at radius 2 is 1.97 bits per heavy atom. The van der Waals surface area contributed by atoms with Crippen LogP contribution in [0.4, 0.5) is 0 Å². The molecule has 1 saturated heterocycles. The second-order valence-corrected chi connectivity index (χ2v) is 9.07. The summed E-state index contributed by atoms with van der Waals surface area (Å²) in [5.74, 6) is -0.146. The van der Waals surface area contributed by atoms with E-state index < -0.39 is 5.91 Å². The van der Waals surface area contributed by atoms with E-state index in [0.29, 0.717) is 35.8 Å². The fourth-order valence-corrected chi connectivity index (χ4v) is 5.04. The van der Waals surface area contributed by atoms with Crippen LogP contribution in [0.2, 0.25) is 0 Å². The van der Waals surface area contributed by atoms with Crippen molar-refractivity contribution in [3.05, 3.63) is 59.5 Å². The molecule has 1 aromatic carbocycles. The number of nitrogens with zero attached hydrogens (tertiary/aromatic N) is 5. The maximum atomic E-state index is 13.3. The van der Waals surface area contributed by atoms with E-state index in [1.807, 2.05) is 10.7 Å². The van der Waals surface area contributed by atoms with Gasteiger partial charge in [0.1, 0.15) is 6.04 Å². The van der Waals surface area contributed by atoms with Crippen molar-refractivity contribution in [2.24, 2.45) is 17.6 Å². The quantitative estimate of drug-likeness (QED) is 0.626. The van der Waals surface area contributed by atoms with Gasteiger partial charge in [-0.15, -0.1) is 0 Å². The Bertz CT molecular complexity index is 1270. The van der Waals surface area contributed by atoms with Gasteiger partial charge in [0.25, 0.3) is 0 Å². The maximum absolute atomic E-state index is 13.3. The van der Waals surface area contributed by atoms with Crippen LogP contribution < -0.4 is 5.73 Å². The highest BCUT2D eigenvalue weighted by atomic mass is 16.7. The van der Waals surface area contributed by atoms with Gasteiger partial charge >= 0.3 is 0 Å². The summed E-state index contributed by atoms with van der Waals surface area (Å²) in [7, 11) is 0. The third kappa shape index (κ3) is 4.24. The van der Waals surface area contributed by atoms with Crippen molar-refractivity contribution in [2.45, 2.75) is 44.7 Å². The van der Waals surface area contributed by atoms with Crippen molar-refractivity contribution in [3.63, 3.8) is 0 Å². The smallest absolute Gasteiger partial charge is 0.249 e. The van der Waals surface area contributed by atoms with E-state index in [1.165, 1.54) is 5.06 Å². The highest BCUT2D eigenvalue weighted by Crippen LogP contribution is 2.36. The number of aromatic nitrogens is 3. The number of hydroxylamine groups is 2. The molecule has 1 saturated carbocycles. The fraction of sp³-hybridized carbons (Fsp3) is 0.400. The number of nitriles is 1. The lowest BCUT2D eigenvalue weighted by Gasteiger charge is -2.31. The van der Waals surface area contributed by atoms with Gasteiger partial charge < -0.3 is 5.73 Å². The number of fused-ring (bicyclic) bond motifs is 1. The minimum atomic E-state index is -0.453. The van der Waals surface area contributed by atoms with E-state index in [9.17, 15) is 14.9 Å². The van der Waals surface area contributed by atoms with Gasteiger partial charge in [-0.2, -0.15) is 10.4 Å². The lowest BCUT2D eigenvalue weighted by Crippen LogP contribution is -2.37. The summed E-state index contributed by atoms with van der Waals surface area (Å²) >= 11 is 0. The monoisotopic (exact) mass is 458 g/mol. The Labute approximate surface area is 197 Å². The number of amides is 2. The number of rotatable bonds is 5. The first-order chi connectivity index (χ1) is 16.5. The maximum Gasteiger partial charge on any atom is 0.249 e. The fourth-order valence-electron chi connectivity index (χ4n) is 5.04. The number of nitrogens with two attached hydrogens (primary N) is 1. The molecule has 3 aromatic rings. The van der Waals surface area contributed by atoms with Crippen LogP contribution >= 0.6 is 0 Å². The van der Waals surface area contributed by atoms with Crippen LogP contribution in [-0.2, 0) is 16.2 Å². The Balaban J connectivity index is 1.22. The molecule has 1 aliphatic carbocycles. The molecular formula is C25H26N6O3. The molecule has 0 spiro atoms. The first-order valence-corrected chi connectivity index (χ1v) is 11.6. The summed E-state index contributed by atoms with van der Waals surface area (Å²) in [5.41, 5.74) is 8.02. The Morgan fingerprint density at radius 1 is 1.15 bits per heavy atom. The van der Waals surface area contributed by atoms with E-state index in [1.54, 1.807) is 36.7 Å². The number of hydrogen-bond donors (Lipinski definition) is 1. The number of carbonyl (C=O) groups is 2. The largest absolute Gasteiger partial charge is 0.366 e. The summed E-state index contributed by atoms with van der Waals surface area (Å²) in [4.78, 5) is 34.9. The normalized spacial score (nSPS) is 22.6. The van der Waals surface area contributed by atoms with Crippen molar-refractivity contribution in [3.8, 4) is 6.07 Å². The summed E-state index contributed by atoms with van der Waals surface area (Å²) in [5, 5.41) is 16.1. The molecule has 9 nitrogen and oxygen atoms in total. The molecule has 0 radical (unpaired) electrons. The zero-order chi connectivity index (χ0) is 23.7. The van der Waals surface area contributed by atoms with Crippen LogP contribution in [0.5, 0.6) is 0 Å². The molecule has 34 heavy (non-hydrogen) atoms. The molecule has 1 aliphatic heterocycles. The topological polar surface area (TPSA) is 127 Å². The minimum absolute atomic E-state index is 0.000694. The Kier molecular flexibility index (Phi) is 5.99. The SMILES string of the molecule is N#Cc1ccnc([C@@H]2CCON2C(=O)[C@H]2CC[C@H](Cn3ncc4ccc(C(N)=O)cc43)CC2)c1. The number of primary amides is 1. The minimum Gasteiger partial charge on any atom is -0.366 e. The van der Waals surface area contributed by atoms with Gasteiger partial charge in [-0.05, 0) is 55.9 Å². The first-order valence-electron chi connectivity index (χ1n) is 11.6. The molecule has 2 N–H and O–H groups in total. The van der Waals surface area contributed by atoms with E-state index in [2.05, 4.69) is 16.2 Å². The van der Waals surface area contributed by atoms with Crippen molar-refractivity contribution >= 4 is 22.7 Å². The van der Waals surface area contributed by atoms with Crippen LogP contribution in [0.15, 0.2) is 42.7 Å². The molecule has 2 fully saturated rings. The van der Waals surface area contributed by atoms with Crippen LogP contribution in [0.1, 0.15) is 59.8 Å². The molecular weight excluding hydrogens is 432 g/mol. The third-order valence-electron chi connectivity index (χ3n) is 6.93. The lowest BCUT2D eigenvalue weighted by atomic mass is 9.81. The van der Waals surface area contributed by atoms with Gasteiger partial charge in [0, 0.05) is 36.0 Å². The van der Waals surface area contributed by atoms with Gasteiger partial charge in [-0.3, -0.25) is 24.1 Å². The van der Waals surface area contributed by atoms with E-state index >= 15 is 0 Å². The van der Waals surface area contributed by atoms with Crippen LogP contribution in [0.3, 0.4) is 0 Å². The van der Waals surface area contributed by atoms with Gasteiger partial charge in [0.2, 0.25) is 11.8 Å². The van der Waals surface area contributed by atoms with Crippen molar-refractivity contribution in [1.29, 1.82) is 5.26 Å². The molecule has 0 bridgehead atoms. The highest BCUT2D eigenvalue weighted by Gasteiger charge is 2.38. The molecule has 0 unspecified atom stereocenters. The zero-order valence-electron chi connectivity index (χ0n) is 18.8. The number of carbonyl (C=O) groups excluding carboxylic acids is 2. The molecule has 2 aliphatic rings. The number of benzene rings is 1. The van der Waals surface area contributed by atoms with Crippen LogP contribution in [0.25, 0.3) is 10.9 Å². The summed E-state index contributed by atoms with van der Waals surface area (Å²) in [6.45, 7) is 1.20. The third-order valence-corrected chi connectivity index (χ3v) is 6.93. The van der Waals surface area contributed by atoms with Crippen molar-refractivity contribution in [1.82, 2.24) is 19.8 Å². The second-order valence-electron chi connectivity index (χ2n) is 9.07. The number of hydrogen-bond acceptors (Lipinski definition) is 6. The lowest BCUT2D eigenvalue weighted by molar-refractivity contribution is -0.183. The van der Waals surface area contributed by atoms with Gasteiger partial charge in [0.15, 0.2) is 0 Å². The standard InChI is InChI=1S/C25H26N6O3/c26-13-17-7-9-28-21(11-17)22-8-10-34-31(22)25(33)18-3-1-16(2-4-18)15-30-23-12-19(24(27)32)5-6-20(23)14-29-30/h5-7,9,11-12,14,16,18,22H,1-4,8,10,15H2,(H2,27,32)/t16-,18-,22-/m0/s1. The molecule has 2 amide bonds. The molecule has 9 heteroatoms. The molecule has 2 aromatic heterocycles. The number of pyridine rings is 1. The summed E-state index contributed by atoms with van der Waals surface area (Å²) < 4.78 is 1.93.